The summed E-state index contributed by atoms with van der Waals surface area (Å²) in [6.07, 6.45) is 5.65. The fourth-order valence-corrected chi connectivity index (χ4v) is 6.24. The number of rotatable bonds is 6. The Kier molecular flexibility index (Phi) is 7.46. The molecule has 0 unspecified atom stereocenters. The van der Waals surface area contributed by atoms with Crippen molar-refractivity contribution < 1.29 is 14.3 Å². The highest BCUT2D eigenvalue weighted by Crippen LogP contribution is 2.39. The zero-order chi connectivity index (χ0) is 26.0. The summed E-state index contributed by atoms with van der Waals surface area (Å²) in [6, 6.07) is 9.69. The lowest BCUT2D eigenvalue weighted by atomic mass is 9.95. The van der Waals surface area contributed by atoms with E-state index >= 15 is 0 Å². The normalized spacial score (nSPS) is 13.2. The van der Waals surface area contributed by atoms with Crippen LogP contribution in [0.2, 0.25) is 0 Å². The molecule has 1 aromatic carbocycles. The highest BCUT2D eigenvalue weighted by molar-refractivity contribution is 7.15. The number of aryl methyl sites for hydroxylation is 3. The van der Waals surface area contributed by atoms with Gasteiger partial charge in [0.2, 0.25) is 0 Å². The maximum absolute atomic E-state index is 13.0. The van der Waals surface area contributed by atoms with Crippen LogP contribution in [-0.4, -0.2) is 23.1 Å². The topological polar surface area (TPSA) is 84.1 Å². The first-order valence-electron chi connectivity index (χ1n) is 12.3. The summed E-state index contributed by atoms with van der Waals surface area (Å²) in [6.45, 7) is 9.98. The number of esters is 1. The number of anilines is 1. The molecule has 2 heterocycles. The summed E-state index contributed by atoms with van der Waals surface area (Å²) in [5.41, 5.74) is 7.06. The zero-order valence-electron chi connectivity index (χ0n) is 21.4. The average Bonchev–Trinajstić information content (AvgIpc) is 3.36. The van der Waals surface area contributed by atoms with E-state index in [4.69, 9.17) is 4.74 Å². The third-order valence-corrected chi connectivity index (χ3v) is 8.10. The number of nitrogens with one attached hydrogen (secondary N) is 1. The number of thiophene rings is 1. The maximum atomic E-state index is 13.0. The van der Waals surface area contributed by atoms with Gasteiger partial charge in [-0.2, -0.15) is 5.26 Å². The van der Waals surface area contributed by atoms with Crippen molar-refractivity contribution >= 4 is 35.0 Å². The Hall–Kier alpha value is -3.63. The quantitative estimate of drug-likeness (QED) is 0.241. The predicted molar refractivity (Wildman–Crippen MR) is 144 cm³/mol. The first-order chi connectivity index (χ1) is 17.3. The van der Waals surface area contributed by atoms with Crippen molar-refractivity contribution in [2.75, 3.05) is 11.9 Å². The highest BCUT2D eigenvalue weighted by atomic mass is 32.1. The van der Waals surface area contributed by atoms with Gasteiger partial charge in [-0.1, -0.05) is 12.1 Å². The second kappa shape index (κ2) is 10.5. The van der Waals surface area contributed by atoms with E-state index < -0.39 is 5.91 Å². The number of hydrogen-bond donors (Lipinski definition) is 1. The lowest BCUT2D eigenvalue weighted by Crippen LogP contribution is -2.14. The predicted octanol–water partition coefficient (Wildman–Crippen LogP) is 6.37. The van der Waals surface area contributed by atoms with E-state index in [-0.39, 0.29) is 11.5 Å². The number of fused-ring (bicyclic) bond motifs is 1. The molecular weight excluding hydrogens is 470 g/mol. The second-order valence-electron chi connectivity index (χ2n) is 9.14. The largest absolute Gasteiger partial charge is 0.462 e. The van der Waals surface area contributed by atoms with Crippen LogP contribution in [0.4, 0.5) is 5.69 Å². The van der Waals surface area contributed by atoms with Gasteiger partial charge in [-0.3, -0.25) is 4.79 Å². The molecule has 0 bridgehead atoms. The SMILES string of the molecule is CCOC(=O)c1c(-n2c(C)cc(/C=C(/C#N)C(=O)Nc3cccc(C)c3C)c2C)sc2c1CCCC2. The molecule has 1 aliphatic rings. The van der Waals surface area contributed by atoms with Gasteiger partial charge in [-0.05, 0) is 101 Å². The Morgan fingerprint density at radius 2 is 1.94 bits per heavy atom. The third-order valence-electron chi connectivity index (χ3n) is 6.82. The molecule has 36 heavy (non-hydrogen) atoms. The molecule has 0 saturated carbocycles. The molecule has 4 rings (SSSR count). The van der Waals surface area contributed by atoms with E-state index in [1.54, 1.807) is 17.4 Å². The number of hydrogen-bond acceptors (Lipinski definition) is 5. The third kappa shape index (κ3) is 4.74. The van der Waals surface area contributed by atoms with Crippen LogP contribution in [0.5, 0.6) is 0 Å². The molecule has 0 atom stereocenters. The van der Waals surface area contributed by atoms with Gasteiger partial charge in [0.25, 0.3) is 5.91 Å². The van der Waals surface area contributed by atoms with Crippen molar-refractivity contribution in [3.63, 3.8) is 0 Å². The van der Waals surface area contributed by atoms with Crippen LogP contribution in [0.15, 0.2) is 29.8 Å². The Balaban J connectivity index is 1.74. The molecular formula is C29H31N3O3S. The van der Waals surface area contributed by atoms with Crippen molar-refractivity contribution in [3.05, 3.63) is 73.9 Å². The van der Waals surface area contributed by atoms with E-state index in [2.05, 4.69) is 16.0 Å². The number of carbonyl (C=O) groups is 2. The number of carbonyl (C=O) groups excluding carboxylic acids is 2. The minimum absolute atomic E-state index is 0.0206. The van der Waals surface area contributed by atoms with Crippen LogP contribution < -0.4 is 5.32 Å². The summed E-state index contributed by atoms with van der Waals surface area (Å²) in [7, 11) is 0. The first-order valence-corrected chi connectivity index (χ1v) is 13.1. The summed E-state index contributed by atoms with van der Waals surface area (Å²) in [5.74, 6) is -0.739. The summed E-state index contributed by atoms with van der Waals surface area (Å²) in [4.78, 5) is 27.2. The molecule has 7 heteroatoms. The highest BCUT2D eigenvalue weighted by Gasteiger charge is 2.28. The number of ether oxygens (including phenoxy) is 1. The van der Waals surface area contributed by atoms with Gasteiger partial charge < -0.3 is 14.6 Å². The van der Waals surface area contributed by atoms with Crippen LogP contribution in [0.1, 0.15) is 68.6 Å². The molecule has 6 nitrogen and oxygen atoms in total. The number of aromatic nitrogens is 1. The van der Waals surface area contributed by atoms with Crippen molar-refractivity contribution in [1.29, 1.82) is 5.26 Å². The van der Waals surface area contributed by atoms with E-state index in [0.29, 0.717) is 17.9 Å². The Morgan fingerprint density at radius 3 is 2.67 bits per heavy atom. The standard InChI is InChI=1S/C29H31N3O3S/c1-6-35-29(34)26-23-11-7-8-13-25(23)36-28(26)32-18(3)14-21(20(32)5)15-22(16-30)27(33)31-24-12-9-10-17(2)19(24)4/h9-10,12,14-15H,6-8,11,13H2,1-5H3,(H,31,33)/b22-15-. The molecule has 3 aromatic rings. The van der Waals surface area contributed by atoms with Gasteiger partial charge >= 0.3 is 5.97 Å². The van der Waals surface area contributed by atoms with Crippen LogP contribution >= 0.6 is 11.3 Å². The molecule has 186 valence electrons. The minimum Gasteiger partial charge on any atom is -0.462 e. The summed E-state index contributed by atoms with van der Waals surface area (Å²) < 4.78 is 7.49. The van der Waals surface area contributed by atoms with Gasteiger partial charge in [0.05, 0.1) is 12.2 Å². The Bertz CT molecular complexity index is 1420. The van der Waals surface area contributed by atoms with Gasteiger partial charge in [0.15, 0.2) is 0 Å². The average molecular weight is 502 g/mol. The van der Waals surface area contributed by atoms with E-state index in [9.17, 15) is 14.9 Å². The molecule has 1 N–H and O–H groups in total. The first kappa shape index (κ1) is 25.5. The van der Waals surface area contributed by atoms with Crippen molar-refractivity contribution in [2.24, 2.45) is 0 Å². The number of nitrogens with zero attached hydrogens (tertiary/aromatic N) is 2. The van der Waals surface area contributed by atoms with Crippen LogP contribution in [-0.2, 0) is 22.4 Å². The monoisotopic (exact) mass is 501 g/mol. The van der Waals surface area contributed by atoms with E-state index in [1.807, 2.05) is 58.9 Å². The second-order valence-corrected chi connectivity index (χ2v) is 10.2. The van der Waals surface area contributed by atoms with E-state index in [0.717, 1.165) is 64.3 Å². The summed E-state index contributed by atoms with van der Waals surface area (Å²) in [5, 5.41) is 13.5. The molecule has 2 aromatic heterocycles. The molecule has 0 aliphatic heterocycles. The van der Waals surface area contributed by atoms with Crippen LogP contribution in [0.25, 0.3) is 11.1 Å². The molecule has 0 saturated heterocycles. The number of benzene rings is 1. The lowest BCUT2D eigenvalue weighted by molar-refractivity contribution is -0.112. The molecule has 0 spiro atoms. The van der Waals surface area contributed by atoms with Gasteiger partial charge in [-0.25, -0.2) is 4.79 Å². The molecule has 0 radical (unpaired) electrons. The summed E-state index contributed by atoms with van der Waals surface area (Å²) >= 11 is 1.64. The Morgan fingerprint density at radius 1 is 1.19 bits per heavy atom. The van der Waals surface area contributed by atoms with Crippen molar-refractivity contribution in [1.82, 2.24) is 4.57 Å². The fraction of sp³-hybridized carbons (Fsp3) is 0.345. The van der Waals surface area contributed by atoms with Crippen molar-refractivity contribution in [3.8, 4) is 11.1 Å². The number of nitriles is 1. The Labute approximate surface area is 216 Å². The van der Waals surface area contributed by atoms with E-state index in [1.165, 1.54) is 4.88 Å². The van der Waals surface area contributed by atoms with Gasteiger partial charge in [0.1, 0.15) is 16.6 Å². The molecule has 1 aliphatic carbocycles. The number of amides is 1. The van der Waals surface area contributed by atoms with Crippen LogP contribution in [0, 0.1) is 39.0 Å². The smallest absolute Gasteiger partial charge is 0.341 e. The van der Waals surface area contributed by atoms with Crippen LogP contribution in [0.3, 0.4) is 0 Å². The maximum Gasteiger partial charge on any atom is 0.341 e. The molecule has 1 amide bonds. The minimum atomic E-state index is -0.449. The fourth-order valence-electron chi connectivity index (χ4n) is 4.75. The molecule has 0 fully saturated rings. The van der Waals surface area contributed by atoms with Gasteiger partial charge in [0, 0.05) is 22.0 Å². The van der Waals surface area contributed by atoms with Gasteiger partial charge in [-0.15, -0.1) is 11.3 Å². The zero-order valence-corrected chi connectivity index (χ0v) is 22.3. The van der Waals surface area contributed by atoms with Crippen molar-refractivity contribution in [2.45, 2.75) is 60.3 Å². The lowest BCUT2D eigenvalue weighted by Gasteiger charge is -2.13.